The summed E-state index contributed by atoms with van der Waals surface area (Å²) in [5, 5.41) is 2.62. The zero-order valence-electron chi connectivity index (χ0n) is 17.3. The monoisotopic (exact) mass is 487 g/mol. The van der Waals surface area contributed by atoms with Gasteiger partial charge in [0.2, 0.25) is 5.91 Å². The molecule has 174 valence electrons. The summed E-state index contributed by atoms with van der Waals surface area (Å²) in [6.45, 7) is 2.42. The Bertz CT molecular complexity index is 1090. The summed E-state index contributed by atoms with van der Waals surface area (Å²) in [5.74, 6) is -0.489. The molecule has 1 aromatic carbocycles. The first kappa shape index (κ1) is 23.1. The Morgan fingerprint density at radius 2 is 1.66 bits per heavy atom. The van der Waals surface area contributed by atoms with E-state index in [-0.39, 0.29) is 16.3 Å². The summed E-state index contributed by atoms with van der Waals surface area (Å²) >= 11 is 1.02. The second-order valence-electron chi connectivity index (χ2n) is 7.98. The van der Waals surface area contributed by atoms with E-state index in [1.807, 2.05) is 4.90 Å². The summed E-state index contributed by atoms with van der Waals surface area (Å²) in [7, 11) is -3.56. The van der Waals surface area contributed by atoms with Crippen LogP contribution in [-0.2, 0) is 27.4 Å². The molecule has 0 radical (unpaired) electrons. The first-order valence-electron chi connectivity index (χ1n) is 10.5. The summed E-state index contributed by atoms with van der Waals surface area (Å²) in [5.41, 5.74) is -0.147. The van der Waals surface area contributed by atoms with Crippen molar-refractivity contribution in [1.82, 2.24) is 4.31 Å². The fraction of sp³-hybridized carbons (Fsp3) is 0.476. The minimum absolute atomic E-state index is 0.115. The Hall–Kier alpha value is -2.11. The van der Waals surface area contributed by atoms with E-state index < -0.39 is 27.7 Å². The summed E-state index contributed by atoms with van der Waals surface area (Å²) in [4.78, 5) is 15.2. The highest BCUT2D eigenvalue weighted by Crippen LogP contribution is 2.37. The number of carbonyl (C=O) groups excluding carboxylic acids is 1. The number of nitrogens with one attached hydrogen (secondary N) is 1. The van der Waals surface area contributed by atoms with E-state index in [1.165, 1.54) is 16.4 Å². The molecule has 3 heterocycles. The standard InChI is InChI=1S/C21H24F3N3O3S2/c22-21(23,24)15-5-7-18(26-9-1-2-10-26)17(13-15)25-19(28)14-16-6-8-20(31-16)32(29,30)27-11-3-4-12-27/h5-8,13H,1-4,9-12,14H2,(H,25,28). The highest BCUT2D eigenvalue weighted by Gasteiger charge is 2.32. The van der Waals surface area contributed by atoms with Crippen LogP contribution in [-0.4, -0.2) is 44.8 Å². The molecule has 0 atom stereocenters. The maximum absolute atomic E-state index is 13.2. The molecule has 2 aliphatic rings. The SMILES string of the molecule is O=C(Cc1ccc(S(=O)(=O)N2CCCC2)s1)Nc1cc(C(F)(F)F)ccc1N1CCCC1. The molecule has 2 aromatic rings. The molecule has 1 aromatic heterocycles. The predicted molar refractivity (Wildman–Crippen MR) is 118 cm³/mol. The first-order chi connectivity index (χ1) is 15.1. The van der Waals surface area contributed by atoms with Crippen LogP contribution in [0.5, 0.6) is 0 Å². The van der Waals surface area contributed by atoms with E-state index >= 15 is 0 Å². The zero-order chi connectivity index (χ0) is 22.9. The Labute approximate surface area is 189 Å². The highest BCUT2D eigenvalue weighted by molar-refractivity contribution is 7.91. The van der Waals surface area contributed by atoms with Crippen LogP contribution < -0.4 is 10.2 Å². The van der Waals surface area contributed by atoms with Crippen molar-refractivity contribution < 1.29 is 26.4 Å². The number of nitrogens with zero attached hydrogens (tertiary/aromatic N) is 2. The third-order valence-corrected chi connectivity index (χ3v) is 9.13. The minimum Gasteiger partial charge on any atom is -0.370 e. The summed E-state index contributed by atoms with van der Waals surface area (Å²) in [6, 6.07) is 6.46. The summed E-state index contributed by atoms with van der Waals surface area (Å²) < 4.78 is 66.6. The van der Waals surface area contributed by atoms with Crippen molar-refractivity contribution in [1.29, 1.82) is 0 Å². The van der Waals surface area contributed by atoms with Gasteiger partial charge in [-0.15, -0.1) is 11.3 Å². The van der Waals surface area contributed by atoms with E-state index in [9.17, 15) is 26.4 Å². The number of hydrogen-bond acceptors (Lipinski definition) is 5. The van der Waals surface area contributed by atoms with E-state index in [0.29, 0.717) is 23.7 Å². The number of sulfonamides is 1. The minimum atomic E-state index is -4.52. The average molecular weight is 488 g/mol. The first-order valence-corrected chi connectivity index (χ1v) is 12.8. The second-order valence-corrected chi connectivity index (χ2v) is 11.3. The summed E-state index contributed by atoms with van der Waals surface area (Å²) in [6.07, 6.45) is -1.09. The Kier molecular flexibility index (Phi) is 6.51. The molecule has 0 saturated carbocycles. The quantitative estimate of drug-likeness (QED) is 0.659. The average Bonchev–Trinajstić information content (AvgIpc) is 3.49. The van der Waals surface area contributed by atoms with Gasteiger partial charge in [0.15, 0.2) is 0 Å². The van der Waals surface area contributed by atoms with Gasteiger partial charge in [-0.2, -0.15) is 17.5 Å². The molecule has 0 unspecified atom stereocenters. The van der Waals surface area contributed by atoms with Crippen molar-refractivity contribution in [2.45, 2.75) is 42.5 Å². The molecule has 2 aliphatic heterocycles. The van der Waals surface area contributed by atoms with Crippen molar-refractivity contribution in [2.24, 2.45) is 0 Å². The van der Waals surface area contributed by atoms with Crippen LogP contribution in [0, 0.1) is 0 Å². The van der Waals surface area contributed by atoms with Crippen LogP contribution in [0.25, 0.3) is 0 Å². The topological polar surface area (TPSA) is 69.7 Å². The van der Waals surface area contributed by atoms with Gasteiger partial charge in [-0.05, 0) is 56.0 Å². The lowest BCUT2D eigenvalue weighted by Crippen LogP contribution is -2.27. The molecule has 4 rings (SSSR count). The molecule has 11 heteroatoms. The van der Waals surface area contributed by atoms with Crippen LogP contribution in [0.15, 0.2) is 34.5 Å². The molecule has 1 N–H and O–H groups in total. The molecule has 2 fully saturated rings. The second kappa shape index (κ2) is 9.03. The predicted octanol–water partition coefficient (Wildman–Crippen LogP) is 4.33. The van der Waals surface area contributed by atoms with Crippen LogP contribution in [0.4, 0.5) is 24.5 Å². The van der Waals surface area contributed by atoms with E-state index in [2.05, 4.69) is 5.32 Å². The van der Waals surface area contributed by atoms with Gasteiger partial charge in [0, 0.05) is 31.1 Å². The van der Waals surface area contributed by atoms with Crippen molar-refractivity contribution in [3.05, 3.63) is 40.8 Å². The van der Waals surface area contributed by atoms with Crippen LogP contribution in [0.2, 0.25) is 0 Å². The van der Waals surface area contributed by atoms with Crippen molar-refractivity contribution in [3.63, 3.8) is 0 Å². The third-order valence-electron chi connectivity index (χ3n) is 5.68. The third kappa shape index (κ3) is 4.94. The highest BCUT2D eigenvalue weighted by atomic mass is 32.2. The Morgan fingerprint density at radius 1 is 1.00 bits per heavy atom. The van der Waals surface area contributed by atoms with Gasteiger partial charge in [-0.25, -0.2) is 8.42 Å². The van der Waals surface area contributed by atoms with Gasteiger partial charge in [-0.3, -0.25) is 4.79 Å². The van der Waals surface area contributed by atoms with Gasteiger partial charge >= 0.3 is 6.18 Å². The van der Waals surface area contributed by atoms with Gasteiger partial charge in [0.1, 0.15) is 4.21 Å². The molecular weight excluding hydrogens is 463 g/mol. The number of thiophene rings is 1. The van der Waals surface area contributed by atoms with Crippen LogP contribution >= 0.6 is 11.3 Å². The van der Waals surface area contributed by atoms with Gasteiger partial charge in [0.25, 0.3) is 10.0 Å². The fourth-order valence-corrected chi connectivity index (χ4v) is 7.07. The Morgan fingerprint density at radius 3 is 2.31 bits per heavy atom. The number of benzene rings is 1. The fourth-order valence-electron chi connectivity index (χ4n) is 4.05. The number of carbonyl (C=O) groups is 1. The number of amides is 1. The van der Waals surface area contributed by atoms with Crippen LogP contribution in [0.1, 0.15) is 36.1 Å². The molecule has 6 nitrogen and oxygen atoms in total. The smallest absolute Gasteiger partial charge is 0.370 e. The zero-order valence-corrected chi connectivity index (χ0v) is 19.0. The van der Waals surface area contributed by atoms with Crippen molar-refractivity contribution >= 4 is 38.6 Å². The number of alkyl halides is 3. The maximum atomic E-state index is 13.2. The number of anilines is 2. The molecule has 1 amide bonds. The van der Waals surface area contributed by atoms with E-state index in [4.69, 9.17) is 0 Å². The number of hydrogen-bond donors (Lipinski definition) is 1. The van der Waals surface area contributed by atoms with Crippen LogP contribution in [0.3, 0.4) is 0 Å². The molecule has 0 bridgehead atoms. The van der Waals surface area contributed by atoms with Gasteiger partial charge < -0.3 is 10.2 Å². The lowest BCUT2D eigenvalue weighted by atomic mass is 10.1. The largest absolute Gasteiger partial charge is 0.416 e. The molecule has 0 spiro atoms. The Balaban J connectivity index is 1.51. The van der Waals surface area contributed by atoms with Gasteiger partial charge in [0.05, 0.1) is 23.4 Å². The van der Waals surface area contributed by atoms with Gasteiger partial charge in [-0.1, -0.05) is 0 Å². The molecule has 2 saturated heterocycles. The molecular formula is C21H24F3N3O3S2. The maximum Gasteiger partial charge on any atom is 0.416 e. The van der Waals surface area contributed by atoms with E-state index in [0.717, 1.165) is 62.2 Å². The lowest BCUT2D eigenvalue weighted by molar-refractivity contribution is -0.137. The lowest BCUT2D eigenvalue weighted by Gasteiger charge is -2.23. The normalized spacial score (nSPS) is 17.8. The van der Waals surface area contributed by atoms with Crippen molar-refractivity contribution in [3.8, 4) is 0 Å². The number of halogens is 3. The molecule has 32 heavy (non-hydrogen) atoms. The van der Waals surface area contributed by atoms with Crippen molar-refractivity contribution in [2.75, 3.05) is 36.4 Å². The number of rotatable bonds is 6. The van der Waals surface area contributed by atoms with E-state index in [1.54, 1.807) is 6.07 Å². The molecule has 0 aliphatic carbocycles.